The quantitative estimate of drug-likeness (QED) is 0.570. The Kier molecular flexibility index (Phi) is 3.03. The van der Waals surface area contributed by atoms with Gasteiger partial charge in [-0.1, -0.05) is 0 Å². The molecule has 1 N–H and O–H groups in total. The summed E-state index contributed by atoms with van der Waals surface area (Å²) in [5.41, 5.74) is -1.51. The molecule has 0 aliphatic carbocycles. The molecule has 0 unspecified atom stereocenters. The largest absolute Gasteiger partial charge is 0.468 e. The summed E-state index contributed by atoms with van der Waals surface area (Å²) in [6.07, 6.45) is 0. The molecule has 2 heterocycles. The number of carbonyl (C=O) groups excluding carboxylic acids is 3. The van der Waals surface area contributed by atoms with Crippen LogP contribution in [0.4, 0.5) is 0 Å². The molecule has 0 aromatic heterocycles. The molecule has 2 rings (SSSR count). The van der Waals surface area contributed by atoms with Crippen molar-refractivity contribution in [3.05, 3.63) is 11.1 Å². The molecule has 0 fully saturated rings. The zero-order valence-electron chi connectivity index (χ0n) is 12.2. The number of hydrogen-bond acceptors (Lipinski definition) is 6. The highest BCUT2D eigenvalue weighted by atomic mass is 16.5. The van der Waals surface area contributed by atoms with Gasteiger partial charge in [0.05, 0.1) is 29.3 Å². The summed E-state index contributed by atoms with van der Waals surface area (Å²) < 4.78 is 4.49. The fourth-order valence-electron chi connectivity index (χ4n) is 2.96. The number of esters is 1. The minimum absolute atomic E-state index is 0.235. The molecule has 2 amide bonds. The lowest BCUT2D eigenvalue weighted by atomic mass is 9.92. The van der Waals surface area contributed by atoms with Crippen molar-refractivity contribution in [2.45, 2.75) is 38.8 Å². The van der Waals surface area contributed by atoms with Crippen molar-refractivity contribution in [2.75, 3.05) is 13.7 Å². The maximum absolute atomic E-state index is 12.4. The lowest BCUT2D eigenvalue weighted by Gasteiger charge is -2.38. The number of carbonyl (C=O) groups is 3. The third-order valence-electron chi connectivity index (χ3n) is 3.97. The monoisotopic (exact) mass is 282 g/mol. The van der Waals surface area contributed by atoms with Crippen LogP contribution in [-0.2, 0) is 19.1 Å². The van der Waals surface area contributed by atoms with Crippen molar-refractivity contribution in [3.8, 4) is 0 Å². The Bertz CT molecular complexity index is 509. The number of rotatable bonds is 2. The molecule has 0 bridgehead atoms. The second kappa shape index (κ2) is 4.13. The summed E-state index contributed by atoms with van der Waals surface area (Å²) in [6, 6.07) is 0. The minimum atomic E-state index is -0.990. The van der Waals surface area contributed by atoms with Crippen LogP contribution < -0.4 is 0 Å². The molecule has 20 heavy (non-hydrogen) atoms. The van der Waals surface area contributed by atoms with Crippen molar-refractivity contribution < 1.29 is 24.3 Å². The van der Waals surface area contributed by atoms with E-state index in [0.717, 1.165) is 9.96 Å². The highest BCUT2D eigenvalue weighted by molar-refractivity contribution is 6.23. The molecule has 0 aromatic carbocycles. The van der Waals surface area contributed by atoms with Gasteiger partial charge in [-0.2, -0.15) is 5.06 Å². The van der Waals surface area contributed by atoms with Gasteiger partial charge in [-0.15, -0.1) is 0 Å². The maximum Gasteiger partial charge on any atom is 0.325 e. The molecule has 0 atom stereocenters. The normalized spacial score (nSPS) is 24.4. The molecule has 0 radical (unpaired) electrons. The van der Waals surface area contributed by atoms with Crippen LogP contribution in [0, 0.1) is 0 Å². The number of imide groups is 1. The molecule has 110 valence electrons. The van der Waals surface area contributed by atoms with E-state index in [1.807, 2.05) is 0 Å². The van der Waals surface area contributed by atoms with Crippen LogP contribution >= 0.6 is 0 Å². The highest BCUT2D eigenvalue weighted by Gasteiger charge is 2.60. The van der Waals surface area contributed by atoms with Crippen LogP contribution in [0.25, 0.3) is 0 Å². The number of hydrogen-bond donors (Lipinski definition) is 1. The predicted molar refractivity (Wildman–Crippen MR) is 67.5 cm³/mol. The number of ether oxygens (including phenoxy) is 1. The van der Waals surface area contributed by atoms with Gasteiger partial charge < -0.3 is 9.94 Å². The number of nitrogens with zero attached hydrogens (tertiary/aromatic N) is 2. The van der Waals surface area contributed by atoms with Gasteiger partial charge in [0.1, 0.15) is 6.54 Å². The molecule has 2 aliphatic rings. The first-order chi connectivity index (χ1) is 9.06. The van der Waals surface area contributed by atoms with Crippen LogP contribution in [0.2, 0.25) is 0 Å². The summed E-state index contributed by atoms with van der Waals surface area (Å²) in [5, 5.41) is 11.2. The molecule has 0 saturated carbocycles. The van der Waals surface area contributed by atoms with Gasteiger partial charge in [0, 0.05) is 0 Å². The van der Waals surface area contributed by atoms with Gasteiger partial charge >= 0.3 is 5.97 Å². The fraction of sp³-hybridized carbons (Fsp3) is 0.615. The molecule has 7 nitrogen and oxygen atoms in total. The maximum atomic E-state index is 12.4. The zero-order chi connectivity index (χ0) is 15.5. The van der Waals surface area contributed by atoms with E-state index in [0.29, 0.717) is 0 Å². The summed E-state index contributed by atoms with van der Waals surface area (Å²) in [4.78, 5) is 37.0. The second-order valence-electron chi connectivity index (χ2n) is 5.95. The van der Waals surface area contributed by atoms with Gasteiger partial charge in [0.25, 0.3) is 11.8 Å². The summed E-state index contributed by atoms with van der Waals surface area (Å²) in [7, 11) is 1.19. The lowest BCUT2D eigenvalue weighted by molar-refractivity contribution is -0.192. The number of methoxy groups -OCH3 is 1. The van der Waals surface area contributed by atoms with Crippen LogP contribution in [0.1, 0.15) is 27.7 Å². The van der Waals surface area contributed by atoms with Crippen LogP contribution in [0.3, 0.4) is 0 Å². The van der Waals surface area contributed by atoms with Gasteiger partial charge in [-0.25, -0.2) is 0 Å². The van der Waals surface area contributed by atoms with E-state index in [-0.39, 0.29) is 11.1 Å². The average molecular weight is 282 g/mol. The molecule has 2 aliphatic heterocycles. The molecular weight excluding hydrogens is 264 g/mol. The first-order valence-electron chi connectivity index (χ1n) is 6.24. The summed E-state index contributed by atoms with van der Waals surface area (Å²) >= 11 is 0. The van der Waals surface area contributed by atoms with Crippen molar-refractivity contribution in [1.82, 2.24) is 9.96 Å². The van der Waals surface area contributed by atoms with E-state index in [2.05, 4.69) is 4.74 Å². The highest BCUT2D eigenvalue weighted by Crippen LogP contribution is 2.48. The third-order valence-corrected chi connectivity index (χ3v) is 3.97. The average Bonchev–Trinajstić information content (AvgIpc) is 2.69. The first kappa shape index (κ1) is 14.7. The smallest absolute Gasteiger partial charge is 0.325 e. The second-order valence-corrected chi connectivity index (χ2v) is 5.95. The van der Waals surface area contributed by atoms with Gasteiger partial charge in [-0.05, 0) is 27.7 Å². The van der Waals surface area contributed by atoms with Gasteiger partial charge in [-0.3, -0.25) is 19.3 Å². The Hall–Kier alpha value is -1.73. The molecule has 0 aromatic rings. The Balaban J connectivity index is 2.47. The van der Waals surface area contributed by atoms with Crippen molar-refractivity contribution in [1.29, 1.82) is 0 Å². The Morgan fingerprint density at radius 3 is 1.85 bits per heavy atom. The number of amides is 2. The lowest BCUT2D eigenvalue weighted by Crippen LogP contribution is -2.54. The van der Waals surface area contributed by atoms with E-state index < -0.39 is 35.4 Å². The molecule has 0 saturated heterocycles. The SMILES string of the molecule is COC(=O)CN1C(=O)C2=C(C1=O)C(C)(C)N(O)C2(C)C. The first-order valence-corrected chi connectivity index (χ1v) is 6.24. The molecular formula is C13H18N2O5. The summed E-state index contributed by atoms with van der Waals surface area (Å²) in [6.45, 7) is 6.21. The summed E-state index contributed by atoms with van der Waals surface area (Å²) in [5.74, 6) is -1.76. The Labute approximate surface area is 116 Å². The van der Waals surface area contributed by atoms with E-state index >= 15 is 0 Å². The Morgan fingerprint density at radius 1 is 1.10 bits per heavy atom. The fourth-order valence-corrected chi connectivity index (χ4v) is 2.96. The Morgan fingerprint density at radius 2 is 1.50 bits per heavy atom. The minimum Gasteiger partial charge on any atom is -0.468 e. The van der Waals surface area contributed by atoms with Gasteiger partial charge in [0.2, 0.25) is 0 Å². The van der Waals surface area contributed by atoms with Crippen LogP contribution in [0.15, 0.2) is 11.1 Å². The van der Waals surface area contributed by atoms with Crippen molar-refractivity contribution >= 4 is 17.8 Å². The number of hydroxylamine groups is 2. The van der Waals surface area contributed by atoms with Crippen molar-refractivity contribution in [3.63, 3.8) is 0 Å². The van der Waals surface area contributed by atoms with Gasteiger partial charge in [0.15, 0.2) is 0 Å². The topological polar surface area (TPSA) is 87.2 Å². The zero-order valence-corrected chi connectivity index (χ0v) is 12.2. The van der Waals surface area contributed by atoms with E-state index in [1.165, 1.54) is 7.11 Å². The van der Waals surface area contributed by atoms with E-state index in [9.17, 15) is 19.6 Å². The predicted octanol–water partition coefficient (Wildman–Crippen LogP) is 0.0868. The van der Waals surface area contributed by atoms with Crippen molar-refractivity contribution in [2.24, 2.45) is 0 Å². The molecule has 7 heteroatoms. The standard InChI is InChI=1S/C13H18N2O5/c1-12(2)8-9(13(3,4)15(12)19)11(18)14(10(8)17)6-7(16)20-5/h19H,6H2,1-5H3. The van der Waals surface area contributed by atoms with Crippen LogP contribution in [-0.4, -0.2) is 57.7 Å². The van der Waals surface area contributed by atoms with E-state index in [1.54, 1.807) is 27.7 Å². The van der Waals surface area contributed by atoms with Crippen LogP contribution in [0.5, 0.6) is 0 Å². The third kappa shape index (κ3) is 1.63. The molecule has 0 spiro atoms. The van der Waals surface area contributed by atoms with E-state index in [4.69, 9.17) is 0 Å².